The lowest BCUT2D eigenvalue weighted by Gasteiger charge is -2.11. The van der Waals surface area contributed by atoms with Gasteiger partial charge >= 0.3 is 0 Å². The first kappa shape index (κ1) is 18.1. The SMILES string of the molecule is Cc1occc1-c1nc(NCCc2ccc3c(c2)OCO3)ncc1-c1cnccn1. The third-order valence-corrected chi connectivity index (χ3v) is 4.88. The van der Waals surface area contributed by atoms with Crippen molar-refractivity contribution in [3.8, 4) is 34.0 Å². The van der Waals surface area contributed by atoms with Crippen LogP contribution in [0.5, 0.6) is 11.5 Å². The van der Waals surface area contributed by atoms with Gasteiger partial charge in [0, 0.05) is 36.3 Å². The molecule has 30 heavy (non-hydrogen) atoms. The van der Waals surface area contributed by atoms with Crippen LogP contribution in [0.1, 0.15) is 11.3 Å². The number of fused-ring (bicyclic) bond motifs is 1. The van der Waals surface area contributed by atoms with Crippen molar-refractivity contribution in [2.45, 2.75) is 13.3 Å². The molecule has 0 aliphatic carbocycles. The number of nitrogens with zero attached hydrogens (tertiary/aromatic N) is 4. The molecule has 4 aromatic rings. The predicted octanol–water partition coefficient (Wildman–Crippen LogP) is 3.89. The average Bonchev–Trinajstić information content (AvgIpc) is 3.42. The molecule has 8 heteroatoms. The van der Waals surface area contributed by atoms with Gasteiger partial charge in [-0.15, -0.1) is 0 Å². The fourth-order valence-electron chi connectivity index (χ4n) is 3.34. The lowest BCUT2D eigenvalue weighted by atomic mass is 10.1. The highest BCUT2D eigenvalue weighted by atomic mass is 16.7. The largest absolute Gasteiger partial charge is 0.469 e. The van der Waals surface area contributed by atoms with Gasteiger partial charge in [0.25, 0.3) is 0 Å². The van der Waals surface area contributed by atoms with Crippen molar-refractivity contribution in [1.29, 1.82) is 0 Å². The summed E-state index contributed by atoms with van der Waals surface area (Å²) in [4.78, 5) is 17.8. The summed E-state index contributed by atoms with van der Waals surface area (Å²) in [7, 11) is 0. The lowest BCUT2D eigenvalue weighted by Crippen LogP contribution is -2.09. The molecule has 0 radical (unpaired) electrons. The molecule has 4 heterocycles. The molecular formula is C22H19N5O3. The third kappa shape index (κ3) is 3.55. The molecule has 3 aromatic heterocycles. The van der Waals surface area contributed by atoms with Crippen molar-refractivity contribution in [2.24, 2.45) is 0 Å². The number of aryl methyl sites for hydroxylation is 1. The second-order valence-corrected chi connectivity index (χ2v) is 6.80. The normalized spacial score (nSPS) is 12.2. The maximum absolute atomic E-state index is 5.49. The Labute approximate surface area is 173 Å². The van der Waals surface area contributed by atoms with Crippen LogP contribution in [-0.2, 0) is 6.42 Å². The van der Waals surface area contributed by atoms with Crippen LogP contribution in [-0.4, -0.2) is 33.3 Å². The minimum atomic E-state index is 0.277. The zero-order chi connectivity index (χ0) is 20.3. The highest BCUT2D eigenvalue weighted by Crippen LogP contribution is 2.33. The van der Waals surface area contributed by atoms with E-state index in [4.69, 9.17) is 18.9 Å². The van der Waals surface area contributed by atoms with Crippen LogP contribution >= 0.6 is 0 Å². The molecule has 0 saturated carbocycles. The Morgan fingerprint density at radius 3 is 2.77 bits per heavy atom. The highest BCUT2D eigenvalue weighted by Gasteiger charge is 2.16. The molecule has 1 aliphatic rings. The standard InChI is InChI=1S/C22H19N5O3/c1-14-16(5-9-28-14)21-17(18-12-23-7-8-24-18)11-26-22(27-21)25-6-4-15-2-3-19-20(10-15)30-13-29-19/h2-3,5,7-12H,4,6,13H2,1H3,(H,25,26,27). The molecule has 1 aliphatic heterocycles. The van der Waals surface area contributed by atoms with Gasteiger partial charge in [-0.3, -0.25) is 9.97 Å². The Morgan fingerprint density at radius 1 is 1.00 bits per heavy atom. The minimum Gasteiger partial charge on any atom is -0.469 e. The first-order valence-corrected chi connectivity index (χ1v) is 9.58. The molecule has 0 unspecified atom stereocenters. The second-order valence-electron chi connectivity index (χ2n) is 6.80. The molecule has 1 N–H and O–H groups in total. The van der Waals surface area contributed by atoms with Gasteiger partial charge in [0.15, 0.2) is 11.5 Å². The van der Waals surface area contributed by atoms with E-state index in [1.54, 1.807) is 31.1 Å². The van der Waals surface area contributed by atoms with Crippen molar-refractivity contribution < 1.29 is 13.9 Å². The van der Waals surface area contributed by atoms with Crippen LogP contribution in [0.25, 0.3) is 22.5 Å². The van der Waals surface area contributed by atoms with Crippen molar-refractivity contribution in [3.63, 3.8) is 0 Å². The molecule has 0 atom stereocenters. The number of hydrogen-bond donors (Lipinski definition) is 1. The van der Waals surface area contributed by atoms with Crippen LogP contribution in [0.3, 0.4) is 0 Å². The molecule has 0 fully saturated rings. The van der Waals surface area contributed by atoms with E-state index in [2.05, 4.69) is 20.3 Å². The van der Waals surface area contributed by atoms with Crippen LogP contribution in [0.4, 0.5) is 5.95 Å². The third-order valence-electron chi connectivity index (χ3n) is 4.88. The van der Waals surface area contributed by atoms with E-state index < -0.39 is 0 Å². The van der Waals surface area contributed by atoms with Gasteiger partial charge in [-0.05, 0) is 37.1 Å². The van der Waals surface area contributed by atoms with Gasteiger partial charge in [-0.25, -0.2) is 9.97 Å². The monoisotopic (exact) mass is 401 g/mol. The molecule has 150 valence electrons. The zero-order valence-corrected chi connectivity index (χ0v) is 16.3. The van der Waals surface area contributed by atoms with E-state index >= 15 is 0 Å². The maximum atomic E-state index is 5.49. The van der Waals surface area contributed by atoms with Crippen molar-refractivity contribution in [1.82, 2.24) is 19.9 Å². The van der Waals surface area contributed by atoms with Crippen LogP contribution < -0.4 is 14.8 Å². The van der Waals surface area contributed by atoms with Crippen molar-refractivity contribution in [2.75, 3.05) is 18.7 Å². The molecule has 0 amide bonds. The molecule has 0 bridgehead atoms. The average molecular weight is 401 g/mol. The molecule has 8 nitrogen and oxygen atoms in total. The molecule has 0 saturated heterocycles. The summed E-state index contributed by atoms with van der Waals surface area (Å²) in [6.07, 6.45) is 9.20. The van der Waals surface area contributed by atoms with E-state index in [1.165, 1.54) is 0 Å². The molecule has 0 spiro atoms. The fraction of sp³-hybridized carbons (Fsp3) is 0.182. The Hall–Kier alpha value is -3.94. The van der Waals surface area contributed by atoms with Crippen LogP contribution in [0, 0.1) is 6.92 Å². The zero-order valence-electron chi connectivity index (χ0n) is 16.3. The van der Waals surface area contributed by atoms with Gasteiger partial charge in [0.1, 0.15) is 5.76 Å². The fourth-order valence-corrected chi connectivity index (χ4v) is 3.34. The number of aromatic nitrogens is 4. The second kappa shape index (κ2) is 7.82. The molecular weight excluding hydrogens is 382 g/mol. The number of hydrogen-bond acceptors (Lipinski definition) is 8. The summed E-state index contributed by atoms with van der Waals surface area (Å²) >= 11 is 0. The summed E-state index contributed by atoms with van der Waals surface area (Å²) in [5.41, 5.74) is 4.31. The Bertz CT molecular complexity index is 1180. The highest BCUT2D eigenvalue weighted by molar-refractivity contribution is 5.79. The van der Waals surface area contributed by atoms with Gasteiger partial charge in [-0.2, -0.15) is 0 Å². The Kier molecular flexibility index (Phi) is 4.72. The number of ether oxygens (including phenoxy) is 2. The summed E-state index contributed by atoms with van der Waals surface area (Å²) in [5.74, 6) is 2.90. The van der Waals surface area contributed by atoms with Crippen LogP contribution in [0.15, 0.2) is 59.7 Å². The van der Waals surface area contributed by atoms with Crippen molar-refractivity contribution >= 4 is 5.95 Å². The van der Waals surface area contributed by atoms with E-state index in [1.807, 2.05) is 31.2 Å². The summed E-state index contributed by atoms with van der Waals surface area (Å²) in [6, 6.07) is 7.87. The van der Waals surface area contributed by atoms with E-state index in [-0.39, 0.29) is 6.79 Å². The molecule has 1 aromatic carbocycles. The predicted molar refractivity (Wildman–Crippen MR) is 110 cm³/mol. The van der Waals surface area contributed by atoms with Crippen LogP contribution in [0.2, 0.25) is 0 Å². The van der Waals surface area contributed by atoms with Crippen molar-refractivity contribution in [3.05, 3.63) is 66.6 Å². The maximum Gasteiger partial charge on any atom is 0.231 e. The van der Waals surface area contributed by atoms with Gasteiger partial charge in [0.2, 0.25) is 12.7 Å². The summed E-state index contributed by atoms with van der Waals surface area (Å²) in [6.45, 7) is 2.86. The smallest absolute Gasteiger partial charge is 0.231 e. The number of benzene rings is 1. The van der Waals surface area contributed by atoms with E-state index in [0.29, 0.717) is 18.2 Å². The quantitative estimate of drug-likeness (QED) is 0.520. The topological polar surface area (TPSA) is 95.2 Å². The summed E-state index contributed by atoms with van der Waals surface area (Å²) < 4.78 is 16.3. The summed E-state index contributed by atoms with van der Waals surface area (Å²) in [5, 5.41) is 3.30. The first-order valence-electron chi connectivity index (χ1n) is 9.58. The first-order chi connectivity index (χ1) is 14.8. The number of nitrogens with one attached hydrogen (secondary N) is 1. The van der Waals surface area contributed by atoms with Gasteiger partial charge < -0.3 is 19.2 Å². The number of furan rings is 1. The molecule has 5 rings (SSSR count). The lowest BCUT2D eigenvalue weighted by molar-refractivity contribution is 0.174. The van der Waals surface area contributed by atoms with Gasteiger partial charge in [0.05, 0.1) is 23.8 Å². The van der Waals surface area contributed by atoms with E-state index in [9.17, 15) is 0 Å². The van der Waals surface area contributed by atoms with E-state index in [0.717, 1.165) is 46.1 Å². The number of anilines is 1. The Morgan fingerprint density at radius 2 is 1.93 bits per heavy atom. The number of rotatable bonds is 6. The Balaban J connectivity index is 1.37. The minimum absolute atomic E-state index is 0.277. The van der Waals surface area contributed by atoms with Gasteiger partial charge in [-0.1, -0.05) is 6.07 Å².